The number of nitrogens with zero attached hydrogens (tertiary/aromatic N) is 1. The largest absolute Gasteiger partial charge is 0.504 e. The summed E-state index contributed by atoms with van der Waals surface area (Å²) in [6.07, 6.45) is 7.46. The second-order valence-electron chi connectivity index (χ2n) is 11.4. The number of phenolic OH excluding ortho intramolecular Hbond substituents is 1. The molecule has 2 aliphatic heterocycles. The summed E-state index contributed by atoms with van der Waals surface area (Å²) in [5.41, 5.74) is -0.381. The number of likely N-dealkylation sites (N-methyl/N-ethyl adjacent to an activating group) is 1. The van der Waals surface area contributed by atoms with Crippen molar-refractivity contribution >= 4 is 0 Å². The Hall–Kier alpha value is -1.56. The number of rotatable bonds is 3. The molecule has 1 saturated heterocycles. The van der Waals surface area contributed by atoms with Gasteiger partial charge in [0.1, 0.15) is 11.2 Å². The summed E-state index contributed by atoms with van der Waals surface area (Å²) in [6.45, 7) is 9.25. The molecule has 5 heteroatoms. The Balaban J connectivity index is 1.78. The summed E-state index contributed by atoms with van der Waals surface area (Å²) in [6, 6.07) is 4.26. The van der Waals surface area contributed by atoms with Gasteiger partial charge in [-0.25, -0.2) is 0 Å². The molecule has 2 spiro atoms. The monoisotopic (exact) mass is 425 g/mol. The van der Waals surface area contributed by atoms with E-state index < -0.39 is 16.8 Å². The molecule has 0 radical (unpaired) electrons. The van der Waals surface area contributed by atoms with Crippen LogP contribution in [0.2, 0.25) is 0 Å². The van der Waals surface area contributed by atoms with Crippen LogP contribution in [0, 0.1) is 11.3 Å². The van der Waals surface area contributed by atoms with Crippen molar-refractivity contribution in [3.63, 3.8) is 0 Å². The first kappa shape index (κ1) is 20.1. The number of benzene rings is 1. The molecule has 0 amide bonds. The Bertz CT molecular complexity index is 1010. The predicted octanol–water partition coefficient (Wildman–Crippen LogP) is 3.72. The number of aliphatic hydroxyl groups is 1. The topological polar surface area (TPSA) is 62.2 Å². The van der Waals surface area contributed by atoms with Gasteiger partial charge in [-0.1, -0.05) is 25.1 Å². The fourth-order valence-corrected chi connectivity index (χ4v) is 9.22. The van der Waals surface area contributed by atoms with Crippen LogP contribution in [0.3, 0.4) is 0 Å². The maximum absolute atomic E-state index is 11.4. The molecule has 0 aromatic heterocycles. The lowest BCUT2D eigenvalue weighted by molar-refractivity contribution is -0.285. The van der Waals surface area contributed by atoms with E-state index in [0.717, 1.165) is 25.8 Å². The van der Waals surface area contributed by atoms with E-state index in [-0.39, 0.29) is 22.5 Å². The lowest BCUT2D eigenvalue weighted by Crippen LogP contribution is -2.85. The maximum atomic E-state index is 11.4. The van der Waals surface area contributed by atoms with Crippen molar-refractivity contribution in [2.24, 2.45) is 11.3 Å². The van der Waals surface area contributed by atoms with Crippen LogP contribution in [-0.4, -0.2) is 58.7 Å². The summed E-state index contributed by atoms with van der Waals surface area (Å²) in [4.78, 5) is 2.55. The van der Waals surface area contributed by atoms with Gasteiger partial charge in [0.15, 0.2) is 11.5 Å². The van der Waals surface area contributed by atoms with Gasteiger partial charge in [-0.2, -0.15) is 0 Å². The van der Waals surface area contributed by atoms with Crippen molar-refractivity contribution in [3.8, 4) is 11.5 Å². The molecule has 1 aromatic rings. The standard InChI is InChI=1S/C26H35NO4/c1-7-15-16-8-9-17(28)20-19(16)25-12-13-27(5)21(15)24(25)10-11-26(30-6,23(25,4)31-20)18(14-24)22(2,3)29/h8-11,15,18,21,28-29H,7,12-14H2,1-6H3/t15-,18+,21-,23+,24?,25-,26?/m0/s1. The van der Waals surface area contributed by atoms with Crippen LogP contribution in [0.1, 0.15) is 64.0 Å². The molecule has 1 saturated carbocycles. The van der Waals surface area contributed by atoms with Gasteiger partial charge in [0, 0.05) is 36.0 Å². The number of hydrogen-bond acceptors (Lipinski definition) is 5. The van der Waals surface area contributed by atoms with Crippen molar-refractivity contribution in [3.05, 3.63) is 35.4 Å². The van der Waals surface area contributed by atoms with Crippen molar-refractivity contribution < 1.29 is 19.7 Å². The SMILES string of the molecule is CC[C@H]1c2ccc(O)c3c2[C@]24CCN(C)[C@@H]1C21C=CC(OC)([C@@H](C(C)(C)O)C1)[C@]4(C)O3. The molecule has 4 bridgehead atoms. The second-order valence-corrected chi connectivity index (χ2v) is 11.4. The fourth-order valence-electron chi connectivity index (χ4n) is 9.22. The van der Waals surface area contributed by atoms with Crippen LogP contribution in [0.15, 0.2) is 24.3 Å². The molecule has 5 nitrogen and oxygen atoms in total. The van der Waals surface area contributed by atoms with Gasteiger partial charge < -0.3 is 24.6 Å². The van der Waals surface area contributed by atoms with Gasteiger partial charge in [-0.15, -0.1) is 0 Å². The Kier molecular flexibility index (Phi) is 3.56. The highest BCUT2D eigenvalue weighted by Gasteiger charge is 2.85. The molecular formula is C26H35NO4. The molecule has 2 heterocycles. The Labute approximate surface area is 185 Å². The van der Waals surface area contributed by atoms with Crippen LogP contribution in [0.4, 0.5) is 0 Å². The Morgan fingerprint density at radius 3 is 2.68 bits per heavy atom. The van der Waals surface area contributed by atoms with Crippen LogP contribution in [0.25, 0.3) is 0 Å². The predicted molar refractivity (Wildman–Crippen MR) is 119 cm³/mol. The average molecular weight is 426 g/mol. The zero-order valence-corrected chi connectivity index (χ0v) is 19.5. The van der Waals surface area contributed by atoms with E-state index in [1.54, 1.807) is 7.11 Å². The first-order valence-corrected chi connectivity index (χ1v) is 11.8. The number of fused-ring (bicyclic) bond motifs is 1. The van der Waals surface area contributed by atoms with E-state index in [9.17, 15) is 10.2 Å². The molecule has 4 aliphatic carbocycles. The number of piperidine rings is 1. The van der Waals surface area contributed by atoms with Crippen molar-refractivity contribution in [2.75, 3.05) is 20.7 Å². The molecule has 2 N–H and O–H groups in total. The number of phenols is 1. The molecular weight excluding hydrogens is 390 g/mol. The highest BCUT2D eigenvalue weighted by atomic mass is 16.6. The molecule has 168 valence electrons. The van der Waals surface area contributed by atoms with Crippen molar-refractivity contribution in [1.82, 2.24) is 4.90 Å². The second kappa shape index (κ2) is 5.49. The normalized spacial score (nSPS) is 46.7. The van der Waals surface area contributed by atoms with Gasteiger partial charge >= 0.3 is 0 Å². The third kappa shape index (κ3) is 1.75. The van der Waals surface area contributed by atoms with Crippen LogP contribution in [0.5, 0.6) is 11.5 Å². The molecule has 31 heavy (non-hydrogen) atoms. The zero-order chi connectivity index (χ0) is 22.2. The molecule has 6 aliphatic rings. The average Bonchev–Trinajstić information content (AvgIpc) is 3.01. The van der Waals surface area contributed by atoms with Crippen LogP contribution >= 0.6 is 0 Å². The van der Waals surface area contributed by atoms with E-state index in [1.165, 1.54) is 11.1 Å². The minimum absolute atomic E-state index is 0.127. The minimum Gasteiger partial charge on any atom is -0.504 e. The van der Waals surface area contributed by atoms with Gasteiger partial charge in [-0.3, -0.25) is 0 Å². The summed E-state index contributed by atoms with van der Waals surface area (Å²) in [5.74, 6) is 1.08. The number of methoxy groups -OCH3 is 1. The molecule has 7 rings (SSSR count). The van der Waals surface area contributed by atoms with Crippen LogP contribution < -0.4 is 4.74 Å². The Morgan fingerprint density at radius 1 is 1.29 bits per heavy atom. The van der Waals surface area contributed by atoms with E-state index >= 15 is 0 Å². The highest BCUT2D eigenvalue weighted by Crippen LogP contribution is 2.80. The van der Waals surface area contributed by atoms with E-state index in [0.29, 0.717) is 17.7 Å². The summed E-state index contributed by atoms with van der Waals surface area (Å²) < 4.78 is 13.3. The lowest BCUT2D eigenvalue weighted by Gasteiger charge is -2.76. The highest BCUT2D eigenvalue weighted by molar-refractivity contribution is 5.68. The number of ether oxygens (including phenoxy) is 2. The summed E-state index contributed by atoms with van der Waals surface area (Å²) >= 11 is 0. The molecule has 1 aromatic carbocycles. The molecule has 7 atom stereocenters. The van der Waals surface area contributed by atoms with Crippen LogP contribution in [-0.2, 0) is 10.2 Å². The van der Waals surface area contributed by atoms with E-state index in [1.807, 2.05) is 19.9 Å². The lowest BCUT2D eigenvalue weighted by atomic mass is 9.31. The number of likely N-dealkylation sites (tertiary alicyclic amines) is 1. The smallest absolute Gasteiger partial charge is 0.166 e. The van der Waals surface area contributed by atoms with Gasteiger partial charge in [-0.05, 0) is 65.3 Å². The Morgan fingerprint density at radius 2 is 2.03 bits per heavy atom. The summed E-state index contributed by atoms with van der Waals surface area (Å²) in [5, 5.41) is 22.4. The van der Waals surface area contributed by atoms with Crippen molar-refractivity contribution in [1.29, 1.82) is 0 Å². The first-order chi connectivity index (χ1) is 14.5. The maximum Gasteiger partial charge on any atom is 0.166 e. The molecule has 2 fully saturated rings. The van der Waals surface area contributed by atoms with Gasteiger partial charge in [0.2, 0.25) is 0 Å². The third-order valence-electron chi connectivity index (χ3n) is 10.2. The summed E-state index contributed by atoms with van der Waals surface area (Å²) in [7, 11) is 4.01. The molecule has 2 unspecified atom stereocenters. The van der Waals surface area contributed by atoms with E-state index in [4.69, 9.17) is 9.47 Å². The number of hydrogen-bond donors (Lipinski definition) is 2. The minimum atomic E-state index is -0.937. The van der Waals surface area contributed by atoms with Crippen molar-refractivity contribution in [2.45, 2.75) is 81.1 Å². The van der Waals surface area contributed by atoms with Gasteiger partial charge in [0.25, 0.3) is 0 Å². The quantitative estimate of drug-likeness (QED) is 0.723. The zero-order valence-electron chi connectivity index (χ0n) is 19.5. The third-order valence-corrected chi connectivity index (χ3v) is 10.2. The fraction of sp³-hybridized carbons (Fsp3) is 0.692. The van der Waals surface area contributed by atoms with E-state index in [2.05, 4.69) is 44.0 Å². The van der Waals surface area contributed by atoms with Gasteiger partial charge in [0.05, 0.1) is 11.0 Å². The number of aromatic hydroxyl groups is 1. The first-order valence-electron chi connectivity index (χ1n) is 11.8.